The first-order valence-corrected chi connectivity index (χ1v) is 8.95. The van der Waals surface area contributed by atoms with Gasteiger partial charge in [0.15, 0.2) is 0 Å². The zero-order chi connectivity index (χ0) is 19.7. The van der Waals surface area contributed by atoms with Crippen LogP contribution < -0.4 is 10.3 Å². The molecule has 7 nitrogen and oxygen atoms in total. The van der Waals surface area contributed by atoms with E-state index in [-0.39, 0.29) is 5.39 Å². The average molecular weight is 377 g/mol. The highest BCUT2D eigenvalue weighted by molar-refractivity contribution is 5.93. The number of aromatic carboxylic acids is 1. The summed E-state index contributed by atoms with van der Waals surface area (Å²) >= 11 is 0. The monoisotopic (exact) mass is 377 g/mol. The van der Waals surface area contributed by atoms with Crippen molar-refractivity contribution in [3.8, 4) is 0 Å². The predicted molar refractivity (Wildman–Crippen MR) is 101 cm³/mol. The number of carboxylic acid groups (broad SMARTS) is 1. The number of hydrogen-bond donors (Lipinski definition) is 1. The molecule has 1 aromatic heterocycles. The van der Waals surface area contributed by atoms with Crippen molar-refractivity contribution < 1.29 is 19.0 Å². The Bertz CT molecular complexity index is 915. The lowest BCUT2D eigenvalue weighted by atomic mass is 10.1. The number of ether oxygens (including phenoxy) is 1. The Kier molecular flexibility index (Phi) is 5.48. The number of aromatic nitrogens is 1. The lowest BCUT2D eigenvalue weighted by Crippen LogP contribution is -2.44. The highest BCUT2D eigenvalue weighted by Crippen LogP contribution is 2.28. The van der Waals surface area contributed by atoms with Gasteiger partial charge >= 0.3 is 5.97 Å². The summed E-state index contributed by atoms with van der Waals surface area (Å²) in [5, 5.41) is 9.41. The fourth-order valence-electron chi connectivity index (χ4n) is 3.52. The predicted octanol–water partition coefficient (Wildman–Crippen LogP) is 2.15. The number of benzene rings is 1. The molecule has 27 heavy (non-hydrogen) atoms. The number of pyridine rings is 1. The van der Waals surface area contributed by atoms with E-state index < -0.39 is 29.0 Å². The summed E-state index contributed by atoms with van der Waals surface area (Å²) in [6, 6.07) is 2.78. The summed E-state index contributed by atoms with van der Waals surface area (Å²) in [6.45, 7) is 4.88. The second-order valence-electron chi connectivity index (χ2n) is 6.79. The minimum Gasteiger partial charge on any atom is -0.477 e. The number of rotatable bonds is 5. The van der Waals surface area contributed by atoms with E-state index in [9.17, 15) is 19.1 Å². The lowest BCUT2D eigenvalue weighted by Gasteiger charge is -2.34. The van der Waals surface area contributed by atoms with Gasteiger partial charge in [-0.05, 0) is 25.6 Å². The molecule has 0 bridgehead atoms. The van der Waals surface area contributed by atoms with Gasteiger partial charge < -0.3 is 24.2 Å². The fraction of sp³-hybridized carbons (Fsp3) is 0.474. The van der Waals surface area contributed by atoms with Gasteiger partial charge in [0.1, 0.15) is 17.6 Å². The summed E-state index contributed by atoms with van der Waals surface area (Å²) in [5.74, 6) is -1.87. The number of carboxylic acids is 1. The first-order valence-electron chi connectivity index (χ1n) is 8.95. The average Bonchev–Trinajstić information content (AvgIpc) is 2.65. The standard InChI is InChI=1S/C19H24FN3O4/c1-4-17(27-3)23-11-13(19(25)26)18(24)12-9-14(20)16(10-15(12)23)22-7-5-21(2)6-8-22/h9-11,17H,4-8H2,1-3H3,(H,25,26)/t17-/m1/s1. The Morgan fingerprint density at radius 2 is 1.96 bits per heavy atom. The molecule has 1 aromatic carbocycles. The summed E-state index contributed by atoms with van der Waals surface area (Å²) < 4.78 is 21.9. The minimum atomic E-state index is -1.34. The smallest absolute Gasteiger partial charge is 0.341 e. The zero-order valence-electron chi connectivity index (χ0n) is 15.7. The van der Waals surface area contributed by atoms with Crippen LogP contribution in [-0.4, -0.2) is 60.9 Å². The second kappa shape index (κ2) is 7.66. The highest BCUT2D eigenvalue weighted by Gasteiger charge is 2.23. The molecule has 8 heteroatoms. The number of halogens is 1. The van der Waals surface area contributed by atoms with E-state index in [1.54, 1.807) is 10.6 Å². The number of piperazine rings is 1. The van der Waals surface area contributed by atoms with Crippen molar-refractivity contribution in [1.29, 1.82) is 0 Å². The number of methoxy groups -OCH3 is 1. The van der Waals surface area contributed by atoms with Crippen LogP contribution in [0.25, 0.3) is 10.9 Å². The number of carbonyl (C=O) groups is 1. The van der Waals surface area contributed by atoms with E-state index in [1.165, 1.54) is 13.3 Å². The van der Waals surface area contributed by atoms with Crippen LogP contribution in [0.3, 0.4) is 0 Å². The first kappa shape index (κ1) is 19.3. The molecule has 2 heterocycles. The second-order valence-corrected chi connectivity index (χ2v) is 6.79. The van der Waals surface area contributed by atoms with Crippen LogP contribution in [0, 0.1) is 5.82 Å². The number of nitrogens with zero attached hydrogens (tertiary/aromatic N) is 3. The van der Waals surface area contributed by atoms with Gasteiger partial charge in [-0.2, -0.15) is 0 Å². The van der Waals surface area contributed by atoms with Crippen LogP contribution in [0.15, 0.2) is 23.1 Å². The van der Waals surface area contributed by atoms with Gasteiger partial charge in [-0.1, -0.05) is 6.92 Å². The van der Waals surface area contributed by atoms with Crippen LogP contribution >= 0.6 is 0 Å². The first-order chi connectivity index (χ1) is 12.9. The van der Waals surface area contributed by atoms with Crippen LogP contribution in [-0.2, 0) is 4.74 Å². The number of fused-ring (bicyclic) bond motifs is 1. The summed E-state index contributed by atoms with van der Waals surface area (Å²) in [5.41, 5.74) is -0.208. The Morgan fingerprint density at radius 3 is 2.52 bits per heavy atom. The largest absolute Gasteiger partial charge is 0.477 e. The van der Waals surface area contributed by atoms with Crippen LogP contribution in [0.2, 0.25) is 0 Å². The third-order valence-corrected chi connectivity index (χ3v) is 5.11. The van der Waals surface area contributed by atoms with E-state index >= 15 is 0 Å². The van der Waals surface area contributed by atoms with Gasteiger partial charge in [-0.25, -0.2) is 9.18 Å². The Hall–Kier alpha value is -2.45. The van der Waals surface area contributed by atoms with Gasteiger partial charge in [0.05, 0.1) is 11.2 Å². The van der Waals surface area contributed by atoms with Crippen LogP contribution in [0.4, 0.5) is 10.1 Å². The molecule has 3 rings (SSSR count). The van der Waals surface area contributed by atoms with Crippen molar-refractivity contribution in [3.05, 3.63) is 39.9 Å². The maximum Gasteiger partial charge on any atom is 0.341 e. The molecule has 1 aliphatic heterocycles. The van der Waals surface area contributed by atoms with E-state index in [2.05, 4.69) is 4.90 Å². The molecule has 2 aromatic rings. The van der Waals surface area contributed by atoms with Crippen LogP contribution in [0.1, 0.15) is 29.9 Å². The SMILES string of the molecule is CC[C@@H](OC)n1cc(C(=O)O)c(=O)c2cc(F)c(N3CCN(C)CC3)cc21. The molecule has 0 unspecified atom stereocenters. The van der Waals surface area contributed by atoms with Gasteiger partial charge in [0.2, 0.25) is 5.43 Å². The third-order valence-electron chi connectivity index (χ3n) is 5.11. The molecular weight excluding hydrogens is 353 g/mol. The number of anilines is 1. The van der Waals surface area contributed by atoms with Gasteiger partial charge in [0, 0.05) is 44.9 Å². The topological polar surface area (TPSA) is 75.0 Å². The van der Waals surface area contributed by atoms with E-state index in [0.29, 0.717) is 30.7 Å². The molecule has 0 radical (unpaired) electrons. The molecular formula is C19H24FN3O4. The minimum absolute atomic E-state index is 0.0424. The van der Waals surface area contributed by atoms with E-state index in [4.69, 9.17) is 4.74 Å². The molecule has 1 atom stereocenters. The molecule has 0 spiro atoms. The van der Waals surface area contributed by atoms with Gasteiger partial charge in [0.25, 0.3) is 0 Å². The lowest BCUT2D eigenvalue weighted by molar-refractivity contribution is 0.0437. The van der Waals surface area contributed by atoms with Crippen molar-refractivity contribution in [2.45, 2.75) is 19.6 Å². The van der Waals surface area contributed by atoms with Crippen molar-refractivity contribution in [2.75, 3.05) is 45.2 Å². The molecule has 1 fully saturated rings. The van der Waals surface area contributed by atoms with Gasteiger partial charge in [-0.3, -0.25) is 4.79 Å². The summed E-state index contributed by atoms with van der Waals surface area (Å²) in [4.78, 5) is 28.2. The van der Waals surface area contributed by atoms with Crippen molar-refractivity contribution in [2.24, 2.45) is 0 Å². The Balaban J connectivity index is 2.24. The van der Waals surface area contributed by atoms with Crippen molar-refractivity contribution in [1.82, 2.24) is 9.47 Å². The molecule has 1 N–H and O–H groups in total. The Morgan fingerprint density at radius 1 is 1.30 bits per heavy atom. The summed E-state index contributed by atoms with van der Waals surface area (Å²) in [7, 11) is 3.53. The normalized spacial score (nSPS) is 16.7. The van der Waals surface area contributed by atoms with Gasteiger partial charge in [-0.15, -0.1) is 0 Å². The molecule has 0 saturated carbocycles. The van der Waals surface area contributed by atoms with Crippen molar-refractivity contribution in [3.63, 3.8) is 0 Å². The Labute approximate surface area is 156 Å². The maximum atomic E-state index is 14.8. The van der Waals surface area contributed by atoms with E-state index in [0.717, 1.165) is 19.2 Å². The fourth-order valence-corrected chi connectivity index (χ4v) is 3.52. The van der Waals surface area contributed by atoms with E-state index in [1.807, 2.05) is 18.9 Å². The number of likely N-dealkylation sites (N-methyl/N-ethyl adjacent to an activating group) is 1. The zero-order valence-corrected chi connectivity index (χ0v) is 15.7. The third kappa shape index (κ3) is 3.54. The maximum absolute atomic E-state index is 14.8. The quantitative estimate of drug-likeness (QED) is 0.861. The van der Waals surface area contributed by atoms with Crippen molar-refractivity contribution >= 4 is 22.6 Å². The molecule has 1 saturated heterocycles. The molecule has 0 amide bonds. The van der Waals surface area contributed by atoms with Crippen LogP contribution in [0.5, 0.6) is 0 Å². The number of hydrogen-bond acceptors (Lipinski definition) is 5. The molecule has 0 aliphatic carbocycles. The highest BCUT2D eigenvalue weighted by atomic mass is 19.1. The summed E-state index contributed by atoms with van der Waals surface area (Å²) in [6.07, 6.45) is 1.39. The molecule has 1 aliphatic rings. The molecule has 146 valence electrons.